The number of nitrogens with zero attached hydrogens (tertiary/aromatic N) is 2. The molecule has 0 atom stereocenters. The highest BCUT2D eigenvalue weighted by molar-refractivity contribution is 6.32. The minimum absolute atomic E-state index is 0.0486. The number of carbonyl (C=O) groups excluding carboxylic acids is 2. The second-order valence-corrected chi connectivity index (χ2v) is 10.5. The van der Waals surface area contributed by atoms with Gasteiger partial charge in [0.1, 0.15) is 13.2 Å². The summed E-state index contributed by atoms with van der Waals surface area (Å²) in [6, 6.07) is 11.8. The first-order chi connectivity index (χ1) is 17.6. The highest BCUT2D eigenvalue weighted by Crippen LogP contribution is 2.39. The van der Waals surface area contributed by atoms with Gasteiger partial charge in [0, 0.05) is 31.2 Å². The molecular weight excluding hydrogens is 476 g/mol. The molecule has 0 spiro atoms. The lowest BCUT2D eigenvalue weighted by atomic mass is 10.1. The van der Waals surface area contributed by atoms with E-state index < -0.39 is 0 Å². The van der Waals surface area contributed by atoms with Crippen molar-refractivity contribution in [2.75, 3.05) is 31.2 Å². The Morgan fingerprint density at radius 1 is 0.917 bits per heavy atom. The summed E-state index contributed by atoms with van der Waals surface area (Å²) in [5, 5.41) is 0.472. The Bertz CT molecular complexity index is 1100. The molecule has 5 rings (SSSR count). The van der Waals surface area contributed by atoms with Crippen LogP contribution >= 0.6 is 11.6 Å². The van der Waals surface area contributed by atoms with Gasteiger partial charge in [0.2, 0.25) is 11.8 Å². The van der Waals surface area contributed by atoms with Crippen molar-refractivity contribution in [1.82, 2.24) is 4.90 Å². The van der Waals surface area contributed by atoms with E-state index in [9.17, 15) is 9.59 Å². The van der Waals surface area contributed by atoms with Crippen molar-refractivity contribution in [3.05, 3.63) is 52.5 Å². The molecule has 2 aromatic carbocycles. The molecule has 0 radical (unpaired) electrons. The minimum Gasteiger partial charge on any atom is -0.486 e. The molecule has 2 heterocycles. The number of hydrogen-bond acceptors (Lipinski definition) is 4. The Balaban J connectivity index is 1.39. The van der Waals surface area contributed by atoms with Gasteiger partial charge in [0.05, 0.1) is 11.4 Å². The van der Waals surface area contributed by atoms with Crippen molar-refractivity contribution in [1.29, 1.82) is 0 Å². The maximum absolute atomic E-state index is 13.6. The quantitative estimate of drug-likeness (QED) is 0.525. The summed E-state index contributed by atoms with van der Waals surface area (Å²) in [5.41, 5.74) is 2.80. The normalized spacial score (nSPS) is 18.9. The molecule has 0 bridgehead atoms. The van der Waals surface area contributed by atoms with Gasteiger partial charge in [-0.25, -0.2) is 0 Å². The number of ether oxygens (including phenoxy) is 2. The molecule has 36 heavy (non-hydrogen) atoms. The lowest BCUT2D eigenvalue weighted by Gasteiger charge is -2.29. The smallest absolute Gasteiger partial charge is 0.230 e. The predicted octanol–water partition coefficient (Wildman–Crippen LogP) is 5.78. The lowest BCUT2D eigenvalue weighted by Crippen LogP contribution is -2.36. The number of amides is 2. The SMILES string of the molecule is O=C(Cc1cc(Cl)c2c(c1)OCCO2)N1CCCCCCCCN(C(=O)C2CC2)c2ccccc2C1. The van der Waals surface area contributed by atoms with Crippen LogP contribution in [0.15, 0.2) is 36.4 Å². The summed E-state index contributed by atoms with van der Waals surface area (Å²) in [6.07, 6.45) is 8.75. The van der Waals surface area contributed by atoms with E-state index in [1.165, 1.54) is 0 Å². The molecule has 0 N–H and O–H groups in total. The predicted molar refractivity (Wildman–Crippen MR) is 141 cm³/mol. The summed E-state index contributed by atoms with van der Waals surface area (Å²) in [7, 11) is 0. The van der Waals surface area contributed by atoms with Gasteiger partial charge >= 0.3 is 0 Å². The maximum Gasteiger partial charge on any atom is 0.230 e. The number of rotatable bonds is 3. The fourth-order valence-corrected chi connectivity index (χ4v) is 5.43. The third-order valence-corrected chi connectivity index (χ3v) is 7.54. The van der Waals surface area contributed by atoms with Gasteiger partial charge in [-0.3, -0.25) is 9.59 Å². The molecule has 192 valence electrons. The zero-order valence-corrected chi connectivity index (χ0v) is 21.6. The molecule has 0 saturated heterocycles. The standard InChI is InChI=1S/C29H35ClN2O4/c30-24-17-21(18-26-28(24)36-16-15-35-26)19-27(33)31-13-7-3-1-2-4-8-14-32(29(34)22-11-12-22)25-10-6-5-9-23(25)20-31/h5-6,9-10,17-18,22H,1-4,7-8,11-16,19-20H2. The van der Waals surface area contributed by atoms with Crippen LogP contribution < -0.4 is 14.4 Å². The van der Waals surface area contributed by atoms with E-state index in [-0.39, 0.29) is 24.2 Å². The number of hydrogen-bond donors (Lipinski definition) is 0. The highest BCUT2D eigenvalue weighted by Gasteiger charge is 2.34. The Morgan fingerprint density at radius 3 is 2.44 bits per heavy atom. The van der Waals surface area contributed by atoms with Crippen LogP contribution in [0.4, 0.5) is 5.69 Å². The molecule has 3 aliphatic rings. The third kappa shape index (κ3) is 5.97. The number of halogens is 1. The zero-order valence-electron chi connectivity index (χ0n) is 20.8. The molecule has 6 nitrogen and oxygen atoms in total. The first kappa shape index (κ1) is 24.9. The van der Waals surface area contributed by atoms with E-state index in [1.54, 1.807) is 6.07 Å². The minimum atomic E-state index is 0.0486. The summed E-state index contributed by atoms with van der Waals surface area (Å²) < 4.78 is 11.3. The summed E-state index contributed by atoms with van der Waals surface area (Å²) in [5.74, 6) is 1.59. The zero-order chi connectivity index (χ0) is 24.9. The number of carbonyl (C=O) groups is 2. The molecule has 0 unspecified atom stereocenters. The Morgan fingerprint density at radius 2 is 1.64 bits per heavy atom. The summed E-state index contributed by atoms with van der Waals surface area (Å²) in [6.45, 7) is 2.87. The molecule has 2 amide bonds. The second-order valence-electron chi connectivity index (χ2n) is 10.1. The first-order valence-electron chi connectivity index (χ1n) is 13.4. The van der Waals surface area contributed by atoms with E-state index in [4.69, 9.17) is 21.1 Å². The van der Waals surface area contributed by atoms with Crippen molar-refractivity contribution in [3.63, 3.8) is 0 Å². The van der Waals surface area contributed by atoms with Crippen LogP contribution in [-0.4, -0.2) is 43.0 Å². The fraction of sp³-hybridized carbons (Fsp3) is 0.517. The lowest BCUT2D eigenvalue weighted by molar-refractivity contribution is -0.131. The number of para-hydroxylation sites is 1. The van der Waals surface area contributed by atoms with Crippen LogP contribution in [-0.2, 0) is 22.6 Å². The van der Waals surface area contributed by atoms with Crippen LogP contribution in [0.3, 0.4) is 0 Å². The van der Waals surface area contributed by atoms with Crippen LogP contribution in [0.2, 0.25) is 5.02 Å². The largest absolute Gasteiger partial charge is 0.486 e. The van der Waals surface area contributed by atoms with E-state index in [1.807, 2.05) is 34.1 Å². The van der Waals surface area contributed by atoms with Crippen LogP contribution in [0.1, 0.15) is 62.5 Å². The van der Waals surface area contributed by atoms with Crippen LogP contribution in [0, 0.1) is 5.92 Å². The van der Waals surface area contributed by atoms with Crippen LogP contribution in [0.25, 0.3) is 0 Å². The van der Waals surface area contributed by atoms with Crippen molar-refractivity contribution in [2.24, 2.45) is 5.92 Å². The maximum atomic E-state index is 13.6. The monoisotopic (exact) mass is 510 g/mol. The number of anilines is 1. The van der Waals surface area contributed by atoms with Gasteiger partial charge in [-0.15, -0.1) is 0 Å². The molecule has 7 heteroatoms. The Kier molecular flexibility index (Phi) is 8.00. The fourth-order valence-electron chi connectivity index (χ4n) is 5.14. The average molecular weight is 511 g/mol. The highest BCUT2D eigenvalue weighted by atomic mass is 35.5. The van der Waals surface area contributed by atoms with E-state index >= 15 is 0 Å². The average Bonchev–Trinajstić information content (AvgIpc) is 3.72. The molecule has 2 aromatic rings. The van der Waals surface area contributed by atoms with Gasteiger partial charge in [0.25, 0.3) is 0 Å². The van der Waals surface area contributed by atoms with Gasteiger partial charge in [0.15, 0.2) is 11.5 Å². The summed E-state index contributed by atoms with van der Waals surface area (Å²) >= 11 is 6.43. The van der Waals surface area contributed by atoms with Gasteiger partial charge in [-0.1, -0.05) is 55.5 Å². The van der Waals surface area contributed by atoms with E-state index in [2.05, 4.69) is 6.07 Å². The molecule has 1 aliphatic carbocycles. The van der Waals surface area contributed by atoms with Gasteiger partial charge < -0.3 is 19.3 Å². The number of benzene rings is 2. The second kappa shape index (κ2) is 11.5. The van der Waals surface area contributed by atoms with Crippen molar-refractivity contribution in [3.8, 4) is 11.5 Å². The summed E-state index contributed by atoms with van der Waals surface area (Å²) in [4.78, 5) is 30.8. The molecular formula is C29H35ClN2O4. The Labute approximate surface area is 218 Å². The molecule has 1 saturated carbocycles. The Hall–Kier alpha value is -2.73. The number of fused-ring (bicyclic) bond motifs is 2. The van der Waals surface area contributed by atoms with Gasteiger partial charge in [-0.05, 0) is 55.0 Å². The van der Waals surface area contributed by atoms with Crippen LogP contribution in [0.5, 0.6) is 11.5 Å². The first-order valence-corrected chi connectivity index (χ1v) is 13.7. The third-order valence-electron chi connectivity index (χ3n) is 7.26. The van der Waals surface area contributed by atoms with Crippen molar-refractivity contribution < 1.29 is 19.1 Å². The van der Waals surface area contributed by atoms with E-state index in [0.29, 0.717) is 42.8 Å². The molecule has 1 fully saturated rings. The molecule has 0 aromatic heterocycles. The van der Waals surface area contributed by atoms with Gasteiger partial charge in [-0.2, -0.15) is 0 Å². The van der Waals surface area contributed by atoms with Crippen molar-refractivity contribution >= 4 is 29.1 Å². The van der Waals surface area contributed by atoms with E-state index in [0.717, 1.165) is 74.7 Å². The van der Waals surface area contributed by atoms with Crippen molar-refractivity contribution in [2.45, 2.75) is 64.3 Å². The topological polar surface area (TPSA) is 59.1 Å². The molecule has 2 aliphatic heterocycles.